The van der Waals surface area contributed by atoms with Gasteiger partial charge in [-0.1, -0.05) is 6.07 Å². The first-order valence-corrected chi connectivity index (χ1v) is 6.91. The van der Waals surface area contributed by atoms with Crippen molar-refractivity contribution in [2.24, 2.45) is 0 Å². The zero-order valence-corrected chi connectivity index (χ0v) is 12.0. The van der Waals surface area contributed by atoms with E-state index in [4.69, 9.17) is 4.74 Å². The first-order valence-electron chi connectivity index (χ1n) is 6.91. The highest BCUT2D eigenvalue weighted by molar-refractivity contribution is 5.80. The summed E-state index contributed by atoms with van der Waals surface area (Å²) in [7, 11) is 0. The highest BCUT2D eigenvalue weighted by Crippen LogP contribution is 2.15. The molecule has 1 heterocycles. The molecule has 0 atom stereocenters. The molecule has 0 radical (unpaired) electrons. The van der Waals surface area contributed by atoms with Crippen molar-refractivity contribution in [3.63, 3.8) is 0 Å². The van der Waals surface area contributed by atoms with E-state index in [-0.39, 0.29) is 12.5 Å². The monoisotopic (exact) mass is 285 g/mol. The predicted molar refractivity (Wildman–Crippen MR) is 82.2 cm³/mol. The molecule has 0 fully saturated rings. The van der Waals surface area contributed by atoms with Crippen molar-refractivity contribution in [1.29, 1.82) is 0 Å². The number of aromatic nitrogens is 1. The predicted octanol–water partition coefficient (Wildman–Crippen LogP) is 2.21. The number of amides is 1. The number of hydrogen-bond donors (Lipinski definition) is 2. The van der Waals surface area contributed by atoms with Gasteiger partial charge < -0.3 is 15.4 Å². The molecule has 21 heavy (non-hydrogen) atoms. The number of rotatable bonds is 7. The van der Waals surface area contributed by atoms with E-state index in [0.29, 0.717) is 13.2 Å². The molecule has 0 bridgehead atoms. The van der Waals surface area contributed by atoms with Crippen LogP contribution in [0.25, 0.3) is 0 Å². The van der Waals surface area contributed by atoms with Gasteiger partial charge in [-0.15, -0.1) is 0 Å². The number of carbonyl (C=O) groups excluding carboxylic acids is 1. The van der Waals surface area contributed by atoms with Crippen molar-refractivity contribution in [1.82, 2.24) is 10.3 Å². The smallest absolute Gasteiger partial charge is 0.239 e. The number of hydrogen-bond acceptors (Lipinski definition) is 4. The van der Waals surface area contributed by atoms with Crippen molar-refractivity contribution < 1.29 is 9.53 Å². The fourth-order valence-corrected chi connectivity index (χ4v) is 1.77. The van der Waals surface area contributed by atoms with E-state index >= 15 is 0 Å². The summed E-state index contributed by atoms with van der Waals surface area (Å²) in [4.78, 5) is 15.9. The molecule has 2 rings (SSSR count). The van der Waals surface area contributed by atoms with Crippen LogP contribution >= 0.6 is 0 Å². The molecule has 0 aliphatic heterocycles. The fraction of sp³-hybridized carbons (Fsp3) is 0.250. The number of benzene rings is 1. The van der Waals surface area contributed by atoms with Gasteiger partial charge in [0.05, 0.1) is 25.4 Å². The second-order valence-electron chi connectivity index (χ2n) is 4.41. The Bertz CT molecular complexity index is 555. The molecule has 0 saturated heterocycles. The molecular formula is C16H19N3O2. The van der Waals surface area contributed by atoms with Crippen LogP contribution in [-0.4, -0.2) is 24.0 Å². The van der Waals surface area contributed by atoms with Crippen molar-refractivity contribution >= 4 is 11.6 Å². The summed E-state index contributed by atoms with van der Waals surface area (Å²) >= 11 is 0. The van der Waals surface area contributed by atoms with Gasteiger partial charge in [-0.25, -0.2) is 0 Å². The van der Waals surface area contributed by atoms with Gasteiger partial charge in [0.15, 0.2) is 0 Å². The Morgan fingerprint density at radius 2 is 2.00 bits per heavy atom. The van der Waals surface area contributed by atoms with E-state index in [2.05, 4.69) is 15.6 Å². The molecule has 1 aromatic heterocycles. The first kappa shape index (κ1) is 14.8. The Hall–Kier alpha value is -2.56. The summed E-state index contributed by atoms with van der Waals surface area (Å²) in [5.74, 6) is 0.747. The SMILES string of the molecule is CCOc1ccc(NCC(=O)NCc2ccccn2)cc1. The fourth-order valence-electron chi connectivity index (χ4n) is 1.77. The van der Waals surface area contributed by atoms with Gasteiger partial charge in [0.1, 0.15) is 5.75 Å². The van der Waals surface area contributed by atoms with Crippen LogP contribution < -0.4 is 15.4 Å². The first-order chi connectivity index (χ1) is 10.3. The van der Waals surface area contributed by atoms with E-state index < -0.39 is 0 Å². The van der Waals surface area contributed by atoms with Gasteiger partial charge in [0.25, 0.3) is 0 Å². The van der Waals surface area contributed by atoms with Gasteiger partial charge in [-0.2, -0.15) is 0 Å². The Morgan fingerprint density at radius 3 is 2.67 bits per heavy atom. The van der Waals surface area contributed by atoms with Gasteiger partial charge in [0, 0.05) is 11.9 Å². The van der Waals surface area contributed by atoms with Crippen molar-refractivity contribution in [2.45, 2.75) is 13.5 Å². The van der Waals surface area contributed by atoms with Gasteiger partial charge in [-0.3, -0.25) is 9.78 Å². The molecule has 0 spiro atoms. The van der Waals surface area contributed by atoms with Crippen molar-refractivity contribution in [3.05, 3.63) is 54.4 Å². The van der Waals surface area contributed by atoms with E-state index in [1.165, 1.54) is 0 Å². The molecule has 110 valence electrons. The van der Waals surface area contributed by atoms with Gasteiger partial charge >= 0.3 is 0 Å². The Kier molecular flexibility index (Phi) is 5.58. The lowest BCUT2D eigenvalue weighted by Crippen LogP contribution is -2.29. The normalized spacial score (nSPS) is 9.95. The zero-order valence-electron chi connectivity index (χ0n) is 12.0. The lowest BCUT2D eigenvalue weighted by molar-refractivity contribution is -0.119. The molecule has 0 saturated carbocycles. The number of pyridine rings is 1. The maximum Gasteiger partial charge on any atom is 0.239 e. The van der Waals surface area contributed by atoms with Crippen LogP contribution in [0.15, 0.2) is 48.7 Å². The molecule has 0 aliphatic rings. The second-order valence-corrected chi connectivity index (χ2v) is 4.41. The highest BCUT2D eigenvalue weighted by Gasteiger charge is 2.02. The maximum atomic E-state index is 11.7. The quantitative estimate of drug-likeness (QED) is 0.818. The van der Waals surface area contributed by atoms with Gasteiger partial charge in [0.2, 0.25) is 5.91 Å². The number of nitrogens with zero attached hydrogens (tertiary/aromatic N) is 1. The molecule has 0 unspecified atom stereocenters. The third kappa shape index (κ3) is 5.14. The summed E-state index contributed by atoms with van der Waals surface area (Å²) < 4.78 is 5.36. The minimum Gasteiger partial charge on any atom is -0.494 e. The molecule has 1 amide bonds. The summed E-state index contributed by atoms with van der Waals surface area (Å²) in [6.45, 7) is 3.24. The van der Waals surface area contributed by atoms with E-state index in [1.54, 1.807) is 6.20 Å². The molecule has 5 heteroatoms. The molecule has 5 nitrogen and oxygen atoms in total. The van der Waals surface area contributed by atoms with E-state index in [0.717, 1.165) is 17.1 Å². The van der Waals surface area contributed by atoms with Crippen LogP contribution in [0.3, 0.4) is 0 Å². The lowest BCUT2D eigenvalue weighted by Gasteiger charge is -2.08. The minimum atomic E-state index is -0.0745. The Morgan fingerprint density at radius 1 is 1.19 bits per heavy atom. The van der Waals surface area contributed by atoms with Crippen molar-refractivity contribution in [2.75, 3.05) is 18.5 Å². The Balaban J connectivity index is 1.73. The molecular weight excluding hydrogens is 266 g/mol. The minimum absolute atomic E-state index is 0.0745. The molecule has 2 aromatic rings. The standard InChI is InChI=1S/C16H19N3O2/c1-2-21-15-8-6-13(7-9-15)18-12-16(20)19-11-14-5-3-4-10-17-14/h3-10,18H,2,11-12H2,1H3,(H,19,20). The second kappa shape index (κ2) is 7.89. The van der Waals surface area contributed by atoms with Crippen LogP contribution in [-0.2, 0) is 11.3 Å². The molecule has 0 aliphatic carbocycles. The van der Waals surface area contributed by atoms with Crippen LogP contribution in [0.5, 0.6) is 5.75 Å². The zero-order chi connectivity index (χ0) is 14.9. The summed E-state index contributed by atoms with van der Waals surface area (Å²) in [5.41, 5.74) is 1.72. The average molecular weight is 285 g/mol. The highest BCUT2D eigenvalue weighted by atomic mass is 16.5. The number of ether oxygens (including phenoxy) is 1. The molecule has 2 N–H and O–H groups in total. The number of carbonyl (C=O) groups is 1. The topological polar surface area (TPSA) is 63.2 Å². The summed E-state index contributed by atoms with van der Waals surface area (Å²) in [6, 6.07) is 13.1. The Labute approximate surface area is 124 Å². The largest absolute Gasteiger partial charge is 0.494 e. The van der Waals surface area contributed by atoms with Crippen LogP contribution in [0, 0.1) is 0 Å². The average Bonchev–Trinajstić information content (AvgIpc) is 2.53. The third-order valence-electron chi connectivity index (χ3n) is 2.81. The third-order valence-corrected chi connectivity index (χ3v) is 2.81. The van der Waals surface area contributed by atoms with E-state index in [1.807, 2.05) is 49.4 Å². The summed E-state index contributed by atoms with van der Waals surface area (Å²) in [5, 5.41) is 5.87. The van der Waals surface area contributed by atoms with Gasteiger partial charge in [-0.05, 0) is 43.3 Å². The summed E-state index contributed by atoms with van der Waals surface area (Å²) in [6.07, 6.45) is 1.71. The molecule has 1 aromatic carbocycles. The van der Waals surface area contributed by atoms with Crippen LogP contribution in [0.4, 0.5) is 5.69 Å². The van der Waals surface area contributed by atoms with E-state index in [9.17, 15) is 4.79 Å². The number of nitrogens with one attached hydrogen (secondary N) is 2. The van der Waals surface area contributed by atoms with Crippen molar-refractivity contribution in [3.8, 4) is 5.75 Å². The maximum absolute atomic E-state index is 11.7. The lowest BCUT2D eigenvalue weighted by atomic mass is 10.3. The number of anilines is 1. The van der Waals surface area contributed by atoms with Crippen LogP contribution in [0.1, 0.15) is 12.6 Å². The van der Waals surface area contributed by atoms with Crippen LogP contribution in [0.2, 0.25) is 0 Å².